The quantitative estimate of drug-likeness (QED) is 0.476. The molecule has 0 aliphatic carbocycles. The van der Waals surface area contributed by atoms with Gasteiger partial charge in [-0.15, -0.1) is 0 Å². The molecule has 0 aliphatic heterocycles. The second-order valence-electron chi connectivity index (χ2n) is 4.13. The number of nitro groups is 1. The number of nitrogens with zero attached hydrogens (tertiary/aromatic N) is 2. The summed E-state index contributed by atoms with van der Waals surface area (Å²) in [6.45, 7) is 7.31. The van der Waals surface area contributed by atoms with Gasteiger partial charge in [-0.3, -0.25) is 10.1 Å². The lowest BCUT2D eigenvalue weighted by Crippen LogP contribution is -1.98. The van der Waals surface area contributed by atoms with E-state index in [0.717, 1.165) is 5.56 Å². The first-order valence-electron chi connectivity index (χ1n) is 6.06. The van der Waals surface area contributed by atoms with Gasteiger partial charge in [-0.2, -0.15) is 0 Å². The van der Waals surface area contributed by atoms with E-state index in [1.807, 2.05) is 30.3 Å². The van der Waals surface area contributed by atoms with Crippen LogP contribution >= 0.6 is 0 Å². The van der Waals surface area contributed by atoms with Gasteiger partial charge in [0.1, 0.15) is 6.61 Å². The fourth-order valence-corrected chi connectivity index (χ4v) is 1.78. The van der Waals surface area contributed by atoms with Gasteiger partial charge in [0.25, 0.3) is 11.4 Å². The van der Waals surface area contributed by atoms with Crippen molar-refractivity contribution >= 4 is 11.4 Å². The first-order valence-corrected chi connectivity index (χ1v) is 6.06. The van der Waals surface area contributed by atoms with Crippen LogP contribution in [0.15, 0.2) is 42.5 Å². The Morgan fingerprint density at radius 3 is 2.52 bits per heavy atom. The topological polar surface area (TPSA) is 66.0 Å². The van der Waals surface area contributed by atoms with Crippen molar-refractivity contribution in [1.82, 2.24) is 0 Å². The number of rotatable bonds is 5. The molecule has 0 atom stereocenters. The van der Waals surface area contributed by atoms with E-state index < -0.39 is 4.92 Å². The summed E-state index contributed by atoms with van der Waals surface area (Å²) in [5.74, 6) is 0.531. The van der Waals surface area contributed by atoms with E-state index in [1.165, 1.54) is 19.2 Å². The lowest BCUT2D eigenvalue weighted by atomic mass is 10.2. The van der Waals surface area contributed by atoms with E-state index in [0.29, 0.717) is 5.75 Å². The predicted molar refractivity (Wildman–Crippen MR) is 76.7 cm³/mol. The SMILES string of the molecule is [C-]#[N+]c1cc(OCc2ccccc2)c(OC)cc1[N+](=O)[O-]. The molecule has 0 aromatic heterocycles. The Hall–Kier alpha value is -3.07. The van der Waals surface area contributed by atoms with Crippen molar-refractivity contribution in [1.29, 1.82) is 0 Å². The largest absolute Gasteiger partial charge is 0.493 e. The molecule has 0 amide bonds. The highest BCUT2D eigenvalue weighted by molar-refractivity contribution is 5.69. The summed E-state index contributed by atoms with van der Waals surface area (Å²) in [4.78, 5) is 13.4. The number of ether oxygens (including phenoxy) is 2. The number of hydrogen-bond donors (Lipinski definition) is 0. The van der Waals surface area contributed by atoms with Gasteiger partial charge in [0, 0.05) is 0 Å². The number of nitro benzene ring substituents is 1. The highest BCUT2D eigenvalue weighted by atomic mass is 16.6. The minimum absolute atomic E-state index is 0.0798. The molecular formula is C15H12N2O4. The Morgan fingerprint density at radius 1 is 1.24 bits per heavy atom. The van der Waals surface area contributed by atoms with Crippen LogP contribution in [0.1, 0.15) is 5.56 Å². The number of hydrogen-bond acceptors (Lipinski definition) is 4. The third kappa shape index (κ3) is 3.28. The molecule has 0 radical (unpaired) electrons. The maximum absolute atomic E-state index is 10.9. The van der Waals surface area contributed by atoms with E-state index in [2.05, 4.69) is 4.85 Å². The van der Waals surface area contributed by atoms with Gasteiger partial charge in [-0.05, 0) is 11.6 Å². The summed E-state index contributed by atoms with van der Waals surface area (Å²) in [6.07, 6.45) is 0. The van der Waals surface area contributed by atoms with Gasteiger partial charge in [0.05, 0.1) is 24.7 Å². The molecule has 0 N–H and O–H groups in total. The molecule has 21 heavy (non-hydrogen) atoms. The highest BCUT2D eigenvalue weighted by Crippen LogP contribution is 2.39. The molecule has 2 aromatic rings. The van der Waals surface area contributed by atoms with Gasteiger partial charge < -0.3 is 9.47 Å². The summed E-state index contributed by atoms with van der Waals surface area (Å²) in [7, 11) is 1.39. The van der Waals surface area contributed by atoms with E-state index >= 15 is 0 Å². The summed E-state index contributed by atoms with van der Waals surface area (Å²) in [5, 5.41) is 10.9. The molecule has 0 saturated heterocycles. The van der Waals surface area contributed by atoms with Crippen molar-refractivity contribution in [3.8, 4) is 11.5 Å². The molecule has 0 saturated carbocycles. The molecule has 0 heterocycles. The lowest BCUT2D eigenvalue weighted by molar-refractivity contribution is -0.383. The van der Waals surface area contributed by atoms with Crippen LogP contribution in [0.4, 0.5) is 11.4 Å². The van der Waals surface area contributed by atoms with Crippen LogP contribution in [0.2, 0.25) is 0 Å². The molecule has 0 bridgehead atoms. The molecular weight excluding hydrogens is 272 g/mol. The van der Waals surface area contributed by atoms with Crippen LogP contribution in [0.3, 0.4) is 0 Å². The second-order valence-corrected chi connectivity index (χ2v) is 4.13. The lowest BCUT2D eigenvalue weighted by Gasteiger charge is -2.11. The van der Waals surface area contributed by atoms with Crippen LogP contribution in [-0.4, -0.2) is 12.0 Å². The van der Waals surface area contributed by atoms with Crippen molar-refractivity contribution in [2.24, 2.45) is 0 Å². The number of methoxy groups -OCH3 is 1. The fraction of sp³-hybridized carbons (Fsp3) is 0.133. The normalized spacial score (nSPS) is 9.71. The zero-order valence-electron chi connectivity index (χ0n) is 11.3. The third-order valence-electron chi connectivity index (χ3n) is 2.82. The highest BCUT2D eigenvalue weighted by Gasteiger charge is 2.19. The molecule has 6 nitrogen and oxygen atoms in total. The van der Waals surface area contributed by atoms with E-state index in [1.54, 1.807) is 0 Å². The Kier molecular flexibility index (Phi) is 4.36. The van der Waals surface area contributed by atoms with Gasteiger partial charge >= 0.3 is 0 Å². The maximum atomic E-state index is 10.9. The summed E-state index contributed by atoms with van der Waals surface area (Å²) < 4.78 is 10.7. The van der Waals surface area contributed by atoms with Gasteiger partial charge in [0.15, 0.2) is 11.5 Å². The van der Waals surface area contributed by atoms with Crippen molar-refractivity contribution in [3.63, 3.8) is 0 Å². The average Bonchev–Trinajstić information content (AvgIpc) is 2.52. The molecule has 6 heteroatoms. The zero-order valence-corrected chi connectivity index (χ0v) is 11.3. The van der Waals surface area contributed by atoms with E-state index in [-0.39, 0.29) is 23.7 Å². The average molecular weight is 284 g/mol. The Bertz CT molecular complexity index is 693. The fourth-order valence-electron chi connectivity index (χ4n) is 1.78. The monoisotopic (exact) mass is 284 g/mol. The van der Waals surface area contributed by atoms with Crippen LogP contribution in [0.25, 0.3) is 4.85 Å². The maximum Gasteiger partial charge on any atom is 0.282 e. The molecule has 106 valence electrons. The molecule has 2 rings (SSSR count). The van der Waals surface area contributed by atoms with Crippen LogP contribution in [0, 0.1) is 16.7 Å². The van der Waals surface area contributed by atoms with Gasteiger partial charge in [-0.25, -0.2) is 4.85 Å². The van der Waals surface area contributed by atoms with Gasteiger partial charge in [0.2, 0.25) is 0 Å². The molecule has 0 aliphatic rings. The van der Waals surface area contributed by atoms with Crippen molar-refractivity contribution in [2.45, 2.75) is 6.61 Å². The van der Waals surface area contributed by atoms with Crippen LogP contribution in [-0.2, 0) is 6.61 Å². The van der Waals surface area contributed by atoms with Gasteiger partial charge in [-0.1, -0.05) is 30.3 Å². The smallest absolute Gasteiger partial charge is 0.282 e. The minimum Gasteiger partial charge on any atom is -0.493 e. The summed E-state index contributed by atoms with van der Waals surface area (Å²) in [5.41, 5.74) is 0.569. The predicted octanol–water partition coefficient (Wildman–Crippen LogP) is 3.73. The summed E-state index contributed by atoms with van der Waals surface area (Å²) in [6, 6.07) is 12.0. The zero-order chi connectivity index (χ0) is 15.2. The van der Waals surface area contributed by atoms with Crippen LogP contribution in [0.5, 0.6) is 11.5 Å². The van der Waals surface area contributed by atoms with Crippen molar-refractivity contribution < 1.29 is 14.4 Å². The Balaban J connectivity index is 2.30. The standard InChI is InChI=1S/C15H12N2O4/c1-16-12-8-15(14(20-2)9-13(12)17(18)19)21-10-11-6-4-3-5-7-11/h3-9H,10H2,2H3. The molecule has 2 aromatic carbocycles. The van der Waals surface area contributed by atoms with Crippen molar-refractivity contribution in [3.05, 3.63) is 69.6 Å². The molecule has 0 fully saturated rings. The first-order chi connectivity index (χ1) is 10.2. The Morgan fingerprint density at radius 2 is 1.95 bits per heavy atom. The summed E-state index contributed by atoms with van der Waals surface area (Å²) >= 11 is 0. The van der Waals surface area contributed by atoms with E-state index in [9.17, 15) is 10.1 Å². The first kappa shape index (κ1) is 14.3. The molecule has 0 spiro atoms. The molecule has 0 unspecified atom stereocenters. The third-order valence-corrected chi connectivity index (χ3v) is 2.82. The van der Waals surface area contributed by atoms with Crippen molar-refractivity contribution in [2.75, 3.05) is 7.11 Å². The number of benzene rings is 2. The minimum atomic E-state index is -0.614. The van der Waals surface area contributed by atoms with Crippen LogP contribution < -0.4 is 9.47 Å². The van der Waals surface area contributed by atoms with E-state index in [4.69, 9.17) is 16.0 Å². The Labute approximate surface area is 121 Å². The second kappa shape index (κ2) is 6.39.